The van der Waals surface area contributed by atoms with E-state index in [1.54, 1.807) is 31.2 Å². The van der Waals surface area contributed by atoms with Gasteiger partial charge in [0.05, 0.1) is 25.8 Å². The molecule has 1 unspecified atom stereocenters. The molecule has 2 heterocycles. The zero-order chi connectivity index (χ0) is 23.5. The van der Waals surface area contributed by atoms with Crippen LogP contribution in [-0.2, 0) is 9.59 Å². The number of nitrogens with zero attached hydrogens (tertiary/aromatic N) is 3. The Kier molecular flexibility index (Phi) is 6.23. The van der Waals surface area contributed by atoms with Crippen LogP contribution in [-0.4, -0.2) is 41.2 Å². The predicted octanol–water partition coefficient (Wildman–Crippen LogP) is 4.05. The summed E-state index contributed by atoms with van der Waals surface area (Å²) in [6.45, 7) is 1.76. The van der Waals surface area contributed by atoms with Gasteiger partial charge in [-0.1, -0.05) is 53.8 Å². The number of hydrogen-bond acceptors (Lipinski definition) is 8. The number of carbonyl (C=O) groups is 2. The van der Waals surface area contributed by atoms with Crippen LogP contribution in [0.3, 0.4) is 0 Å². The summed E-state index contributed by atoms with van der Waals surface area (Å²) in [6, 6.07) is 13.4. The number of anilines is 1. The monoisotopic (exact) mass is 463 g/mol. The zero-order valence-corrected chi connectivity index (χ0v) is 19.0. The zero-order valence-electron chi connectivity index (χ0n) is 18.2. The SMILES string of the molecule is COc1ccc(C2C(C(=O)/C=C/c3ccccc3)=C(O)C(=O)N2c2nnc(C)s2)cc1OC. The molecular formula is C24H21N3O5S. The molecule has 0 saturated heterocycles. The minimum absolute atomic E-state index is 0.0488. The summed E-state index contributed by atoms with van der Waals surface area (Å²) in [4.78, 5) is 27.6. The molecule has 0 fully saturated rings. The number of ketones is 1. The van der Waals surface area contributed by atoms with Gasteiger partial charge in [-0.25, -0.2) is 0 Å². The summed E-state index contributed by atoms with van der Waals surface area (Å²) in [5.41, 5.74) is 1.32. The second-order valence-corrected chi connectivity index (χ2v) is 8.33. The van der Waals surface area contributed by atoms with Crippen molar-refractivity contribution in [2.24, 2.45) is 0 Å². The van der Waals surface area contributed by atoms with Crippen LogP contribution in [0.25, 0.3) is 6.08 Å². The highest BCUT2D eigenvalue weighted by Gasteiger charge is 2.45. The predicted molar refractivity (Wildman–Crippen MR) is 125 cm³/mol. The van der Waals surface area contributed by atoms with E-state index >= 15 is 0 Å². The number of aliphatic hydroxyl groups is 1. The number of methoxy groups -OCH3 is 2. The van der Waals surface area contributed by atoms with Gasteiger partial charge in [-0.3, -0.25) is 14.5 Å². The van der Waals surface area contributed by atoms with Gasteiger partial charge in [-0.2, -0.15) is 0 Å². The highest BCUT2D eigenvalue weighted by atomic mass is 32.1. The topological polar surface area (TPSA) is 102 Å². The van der Waals surface area contributed by atoms with E-state index in [-0.39, 0.29) is 10.7 Å². The van der Waals surface area contributed by atoms with E-state index in [1.807, 2.05) is 30.3 Å². The molecule has 1 aliphatic rings. The Morgan fingerprint density at radius 1 is 1.09 bits per heavy atom. The molecule has 168 valence electrons. The molecule has 1 atom stereocenters. The van der Waals surface area contributed by atoms with Gasteiger partial charge < -0.3 is 14.6 Å². The Morgan fingerprint density at radius 3 is 2.45 bits per heavy atom. The third-order valence-corrected chi connectivity index (χ3v) is 5.98. The van der Waals surface area contributed by atoms with Gasteiger partial charge in [0.25, 0.3) is 5.91 Å². The van der Waals surface area contributed by atoms with E-state index < -0.39 is 23.5 Å². The Hall–Kier alpha value is -3.98. The second kappa shape index (κ2) is 9.25. The molecule has 1 aromatic heterocycles. The minimum Gasteiger partial charge on any atom is -0.503 e. The van der Waals surface area contributed by atoms with Crippen molar-refractivity contribution < 1.29 is 24.2 Å². The lowest BCUT2D eigenvalue weighted by atomic mass is 9.95. The fraction of sp³-hybridized carbons (Fsp3) is 0.167. The summed E-state index contributed by atoms with van der Waals surface area (Å²) in [7, 11) is 3.01. The number of amides is 1. The average molecular weight is 464 g/mol. The fourth-order valence-corrected chi connectivity index (χ4v) is 4.32. The number of benzene rings is 2. The normalized spacial score (nSPS) is 16.0. The standard InChI is InChI=1S/C24H21N3O5S/c1-14-25-26-24(33-14)27-21(16-10-12-18(31-2)19(13-16)32-3)20(22(29)23(27)30)17(28)11-9-15-7-5-4-6-8-15/h4-13,21,29H,1-3H3/b11-9+. The summed E-state index contributed by atoms with van der Waals surface area (Å²) >= 11 is 1.19. The van der Waals surface area contributed by atoms with Gasteiger partial charge in [-0.05, 0) is 36.3 Å². The number of hydrogen-bond donors (Lipinski definition) is 1. The molecule has 1 aliphatic heterocycles. The molecule has 0 bridgehead atoms. The molecule has 33 heavy (non-hydrogen) atoms. The van der Waals surface area contributed by atoms with Gasteiger partial charge >= 0.3 is 0 Å². The number of aromatic nitrogens is 2. The van der Waals surface area contributed by atoms with Crippen molar-refractivity contribution in [3.05, 3.63) is 82.1 Å². The third kappa shape index (κ3) is 4.22. The van der Waals surface area contributed by atoms with Gasteiger partial charge in [0.2, 0.25) is 5.13 Å². The van der Waals surface area contributed by atoms with Crippen molar-refractivity contribution in [3.63, 3.8) is 0 Å². The maximum absolute atomic E-state index is 13.2. The first-order valence-corrected chi connectivity index (χ1v) is 10.8. The van der Waals surface area contributed by atoms with Crippen LogP contribution in [0.2, 0.25) is 0 Å². The first-order chi connectivity index (χ1) is 15.9. The number of ether oxygens (including phenoxy) is 2. The molecule has 4 rings (SSSR count). The van der Waals surface area contributed by atoms with Crippen molar-refractivity contribution >= 4 is 34.2 Å². The summed E-state index contributed by atoms with van der Waals surface area (Å²) in [5.74, 6) is -0.913. The summed E-state index contributed by atoms with van der Waals surface area (Å²) < 4.78 is 10.7. The lowest BCUT2D eigenvalue weighted by Gasteiger charge is -2.24. The molecule has 0 radical (unpaired) electrons. The lowest BCUT2D eigenvalue weighted by Crippen LogP contribution is -2.30. The van der Waals surface area contributed by atoms with E-state index in [4.69, 9.17) is 9.47 Å². The number of carbonyl (C=O) groups excluding carboxylic acids is 2. The van der Waals surface area contributed by atoms with Crippen LogP contribution in [0.4, 0.5) is 5.13 Å². The largest absolute Gasteiger partial charge is 0.503 e. The van der Waals surface area contributed by atoms with Crippen LogP contribution >= 0.6 is 11.3 Å². The highest BCUT2D eigenvalue weighted by molar-refractivity contribution is 7.15. The number of rotatable bonds is 7. The van der Waals surface area contributed by atoms with Gasteiger partial charge in [0, 0.05) is 0 Å². The molecule has 2 aromatic carbocycles. The van der Waals surface area contributed by atoms with E-state index in [2.05, 4.69) is 10.2 Å². The number of aliphatic hydroxyl groups excluding tert-OH is 1. The van der Waals surface area contributed by atoms with Crippen molar-refractivity contribution in [1.29, 1.82) is 0 Å². The Balaban J connectivity index is 1.81. The molecule has 9 heteroatoms. The number of aryl methyl sites for hydroxylation is 1. The third-order valence-electron chi connectivity index (χ3n) is 5.15. The lowest BCUT2D eigenvalue weighted by molar-refractivity contribution is -0.117. The van der Waals surface area contributed by atoms with Crippen molar-refractivity contribution in [2.75, 3.05) is 19.1 Å². The molecule has 0 spiro atoms. The Morgan fingerprint density at radius 2 is 1.82 bits per heavy atom. The van der Waals surface area contributed by atoms with Crippen molar-refractivity contribution in [2.45, 2.75) is 13.0 Å². The first-order valence-electron chi connectivity index (χ1n) is 10.0. The summed E-state index contributed by atoms with van der Waals surface area (Å²) in [5, 5.41) is 19.7. The first kappa shape index (κ1) is 22.2. The molecular weight excluding hydrogens is 442 g/mol. The number of allylic oxidation sites excluding steroid dienone is 1. The molecule has 1 N–H and O–H groups in total. The van der Waals surface area contributed by atoms with Gasteiger partial charge in [-0.15, -0.1) is 10.2 Å². The molecule has 1 amide bonds. The average Bonchev–Trinajstić information content (AvgIpc) is 3.38. The fourth-order valence-electron chi connectivity index (χ4n) is 3.60. The van der Waals surface area contributed by atoms with E-state index in [0.717, 1.165) is 5.56 Å². The van der Waals surface area contributed by atoms with Crippen LogP contribution < -0.4 is 14.4 Å². The van der Waals surface area contributed by atoms with E-state index in [0.29, 0.717) is 22.1 Å². The molecule has 3 aromatic rings. The quantitative estimate of drug-likeness (QED) is 0.528. The summed E-state index contributed by atoms with van der Waals surface area (Å²) in [6.07, 6.45) is 2.98. The maximum Gasteiger partial charge on any atom is 0.296 e. The molecule has 0 aliphatic carbocycles. The highest BCUT2D eigenvalue weighted by Crippen LogP contribution is 2.43. The van der Waals surface area contributed by atoms with Crippen LogP contribution in [0.15, 0.2) is 65.9 Å². The smallest absolute Gasteiger partial charge is 0.296 e. The van der Waals surface area contributed by atoms with Crippen LogP contribution in [0, 0.1) is 6.92 Å². The Bertz CT molecular complexity index is 1270. The molecule has 0 saturated carbocycles. The van der Waals surface area contributed by atoms with Crippen molar-refractivity contribution in [1.82, 2.24) is 10.2 Å². The van der Waals surface area contributed by atoms with Gasteiger partial charge in [0.1, 0.15) is 5.01 Å². The van der Waals surface area contributed by atoms with Crippen LogP contribution in [0.1, 0.15) is 22.2 Å². The van der Waals surface area contributed by atoms with E-state index in [9.17, 15) is 14.7 Å². The second-order valence-electron chi connectivity index (χ2n) is 7.17. The van der Waals surface area contributed by atoms with Crippen LogP contribution in [0.5, 0.6) is 11.5 Å². The van der Waals surface area contributed by atoms with Crippen molar-refractivity contribution in [3.8, 4) is 11.5 Å². The Labute approximate surface area is 194 Å². The molecule has 8 nitrogen and oxygen atoms in total. The van der Waals surface area contributed by atoms with Gasteiger partial charge in [0.15, 0.2) is 23.0 Å². The maximum atomic E-state index is 13.2. The minimum atomic E-state index is -0.919. The van der Waals surface area contributed by atoms with E-state index in [1.165, 1.54) is 36.5 Å².